The second kappa shape index (κ2) is 10.3. The third-order valence-corrected chi connectivity index (χ3v) is 6.79. The quantitative estimate of drug-likeness (QED) is 0.401. The van der Waals surface area contributed by atoms with Gasteiger partial charge < -0.3 is 19.9 Å². The van der Waals surface area contributed by atoms with Crippen LogP contribution in [0.4, 0.5) is 20.6 Å². The Morgan fingerprint density at radius 2 is 2.03 bits per heavy atom. The molecule has 1 aliphatic heterocycles. The van der Waals surface area contributed by atoms with Crippen molar-refractivity contribution in [1.82, 2.24) is 4.98 Å². The van der Waals surface area contributed by atoms with E-state index in [-0.39, 0.29) is 28.6 Å². The van der Waals surface area contributed by atoms with Gasteiger partial charge in [-0.3, -0.25) is 9.69 Å². The van der Waals surface area contributed by atoms with Crippen LogP contribution in [0.3, 0.4) is 0 Å². The maximum absolute atomic E-state index is 14.2. The van der Waals surface area contributed by atoms with Gasteiger partial charge in [0.05, 0.1) is 30.4 Å². The van der Waals surface area contributed by atoms with Gasteiger partial charge in [0.25, 0.3) is 0 Å². The average Bonchev–Trinajstić information content (AvgIpc) is 3.68. The number of pyridine rings is 1. The highest BCUT2D eigenvalue weighted by Gasteiger charge is 2.43. The van der Waals surface area contributed by atoms with Crippen molar-refractivity contribution in [3.05, 3.63) is 65.6 Å². The number of carboxylic acid groups (broad SMARTS) is 1. The van der Waals surface area contributed by atoms with Crippen molar-refractivity contribution in [2.24, 2.45) is 11.8 Å². The van der Waals surface area contributed by atoms with Crippen molar-refractivity contribution in [3.8, 4) is 22.8 Å². The molecule has 3 unspecified atom stereocenters. The molecule has 2 amide bonds. The number of ether oxygens (including phenoxy) is 2. The lowest BCUT2D eigenvalue weighted by molar-refractivity contribution is -0.138. The van der Waals surface area contributed by atoms with Crippen molar-refractivity contribution >= 4 is 35.0 Å². The van der Waals surface area contributed by atoms with Crippen LogP contribution in [-0.2, 0) is 4.79 Å². The van der Waals surface area contributed by atoms with E-state index in [0.717, 1.165) is 17.2 Å². The number of aliphatic carboxylic acids is 1. The lowest BCUT2D eigenvalue weighted by Crippen LogP contribution is -2.45. The van der Waals surface area contributed by atoms with E-state index in [1.165, 1.54) is 12.1 Å². The van der Waals surface area contributed by atoms with Crippen LogP contribution in [0.1, 0.15) is 19.8 Å². The number of anilines is 2. The maximum Gasteiger partial charge on any atom is 0.326 e. The van der Waals surface area contributed by atoms with Gasteiger partial charge in [0.15, 0.2) is 0 Å². The lowest BCUT2D eigenvalue weighted by atomic mass is 10.0. The number of rotatable bonds is 7. The van der Waals surface area contributed by atoms with Crippen LogP contribution in [0, 0.1) is 17.7 Å². The Bertz CT molecular complexity index is 1340. The summed E-state index contributed by atoms with van der Waals surface area (Å²) < 4.78 is 26.0. The zero-order valence-electron chi connectivity index (χ0n) is 20.0. The summed E-state index contributed by atoms with van der Waals surface area (Å²) in [6.07, 6.45) is 2.76. The smallest absolute Gasteiger partial charge is 0.326 e. The number of halogens is 2. The van der Waals surface area contributed by atoms with Gasteiger partial charge in [-0.15, -0.1) is 0 Å². The second-order valence-corrected chi connectivity index (χ2v) is 9.57. The fraction of sp³-hybridized carbons (Fsp3) is 0.296. The molecule has 2 N–H and O–H groups in total. The van der Waals surface area contributed by atoms with E-state index in [0.29, 0.717) is 43.3 Å². The van der Waals surface area contributed by atoms with E-state index >= 15 is 0 Å². The third kappa shape index (κ3) is 5.46. The minimum absolute atomic E-state index is 0.0274. The van der Waals surface area contributed by atoms with Crippen LogP contribution in [0.5, 0.6) is 11.6 Å². The Labute approximate surface area is 218 Å². The van der Waals surface area contributed by atoms with Gasteiger partial charge in [0.2, 0.25) is 5.88 Å². The molecule has 8 nitrogen and oxygen atoms in total. The minimum atomic E-state index is -0.787. The number of carboxylic acids is 1. The molecule has 2 aliphatic rings. The summed E-state index contributed by atoms with van der Waals surface area (Å²) in [6.45, 7) is 2.62. The van der Waals surface area contributed by atoms with Crippen LogP contribution < -0.4 is 19.7 Å². The molecule has 1 saturated carbocycles. The highest BCUT2D eigenvalue weighted by molar-refractivity contribution is 6.30. The molecule has 10 heteroatoms. The van der Waals surface area contributed by atoms with Gasteiger partial charge in [-0.05, 0) is 54.8 Å². The molecule has 1 aromatic heterocycles. The minimum Gasteiger partial charge on any atom is -0.486 e. The predicted octanol–water partition coefficient (Wildman–Crippen LogP) is 5.85. The van der Waals surface area contributed by atoms with Crippen molar-refractivity contribution in [3.63, 3.8) is 0 Å². The van der Waals surface area contributed by atoms with Gasteiger partial charge in [-0.1, -0.05) is 24.6 Å². The molecule has 192 valence electrons. The molecular formula is C27H25ClFN3O5. The van der Waals surface area contributed by atoms with E-state index in [9.17, 15) is 14.0 Å². The molecule has 37 heavy (non-hydrogen) atoms. The summed E-state index contributed by atoms with van der Waals surface area (Å²) in [5.74, 6) is -0.734. The van der Waals surface area contributed by atoms with Crippen LogP contribution in [-0.4, -0.2) is 41.3 Å². The molecule has 5 rings (SSSR count). The summed E-state index contributed by atoms with van der Waals surface area (Å²) in [5, 5.41) is 11.9. The molecule has 2 heterocycles. The fourth-order valence-electron chi connectivity index (χ4n) is 4.27. The van der Waals surface area contributed by atoms with E-state index in [1.807, 2.05) is 25.1 Å². The Kier molecular flexibility index (Phi) is 6.88. The number of aromatic nitrogens is 1. The summed E-state index contributed by atoms with van der Waals surface area (Å²) in [7, 11) is 0. The number of carbonyl (C=O) groups excluding carboxylic acids is 1. The van der Waals surface area contributed by atoms with Crippen molar-refractivity contribution in [2.75, 3.05) is 23.4 Å². The Morgan fingerprint density at radius 1 is 1.22 bits per heavy atom. The third-order valence-electron chi connectivity index (χ3n) is 6.56. The molecule has 0 radical (unpaired) electrons. The molecule has 0 saturated heterocycles. The Balaban J connectivity index is 1.31. The summed E-state index contributed by atoms with van der Waals surface area (Å²) >= 11 is 5.82. The SMILES string of the molecule is CCC1CN(C(=O)Nc2ccc(Cl)cc2F)c2ccc(-c3ccc(OCC4CC4C(=O)O)nc3)cc2O1. The van der Waals surface area contributed by atoms with Crippen molar-refractivity contribution in [2.45, 2.75) is 25.9 Å². The predicted molar refractivity (Wildman–Crippen MR) is 137 cm³/mol. The van der Waals surface area contributed by atoms with E-state index in [4.69, 9.17) is 26.2 Å². The standard InChI is InChI=1S/C27H25ClFN3O5/c1-2-19-13-32(27(35)31-22-6-5-18(28)11-21(22)29)23-7-3-15(10-24(23)37-19)16-4-8-25(30-12-16)36-14-17-9-20(17)26(33)34/h3-8,10-12,17,19-20H,2,9,13-14H2,1H3,(H,31,35)(H,33,34). The molecule has 0 spiro atoms. The van der Waals surface area contributed by atoms with Crippen LogP contribution in [0.15, 0.2) is 54.7 Å². The summed E-state index contributed by atoms with van der Waals surface area (Å²) in [4.78, 5) is 29.9. The van der Waals surface area contributed by atoms with Crippen LogP contribution >= 0.6 is 11.6 Å². The number of nitrogens with zero attached hydrogens (tertiary/aromatic N) is 2. The largest absolute Gasteiger partial charge is 0.486 e. The van der Waals surface area contributed by atoms with Gasteiger partial charge in [-0.25, -0.2) is 14.2 Å². The molecule has 3 atom stereocenters. The van der Waals surface area contributed by atoms with E-state index in [1.54, 1.807) is 23.2 Å². The first-order valence-electron chi connectivity index (χ1n) is 12.0. The monoisotopic (exact) mass is 525 g/mol. The molecular weight excluding hydrogens is 501 g/mol. The first kappa shape index (κ1) is 24.8. The lowest BCUT2D eigenvalue weighted by Gasteiger charge is -2.35. The Hall–Kier alpha value is -3.85. The number of hydrogen-bond donors (Lipinski definition) is 2. The fourth-order valence-corrected chi connectivity index (χ4v) is 4.43. The molecule has 1 aliphatic carbocycles. The topological polar surface area (TPSA) is 101 Å². The number of benzene rings is 2. The van der Waals surface area contributed by atoms with Crippen LogP contribution in [0.25, 0.3) is 11.1 Å². The highest BCUT2D eigenvalue weighted by atomic mass is 35.5. The number of fused-ring (bicyclic) bond motifs is 1. The van der Waals surface area contributed by atoms with E-state index in [2.05, 4.69) is 10.3 Å². The number of hydrogen-bond acceptors (Lipinski definition) is 5. The summed E-state index contributed by atoms with van der Waals surface area (Å²) in [5.41, 5.74) is 2.28. The first-order chi connectivity index (χ1) is 17.8. The number of carbonyl (C=O) groups is 2. The highest BCUT2D eigenvalue weighted by Crippen LogP contribution is 2.40. The Morgan fingerprint density at radius 3 is 2.70 bits per heavy atom. The molecule has 3 aromatic rings. The van der Waals surface area contributed by atoms with Crippen molar-refractivity contribution in [1.29, 1.82) is 0 Å². The number of urea groups is 1. The van der Waals surface area contributed by atoms with E-state index < -0.39 is 17.8 Å². The second-order valence-electron chi connectivity index (χ2n) is 9.13. The molecule has 1 fully saturated rings. The normalized spacial score (nSPS) is 20.0. The summed E-state index contributed by atoms with van der Waals surface area (Å²) in [6, 6.07) is 12.7. The first-order valence-corrected chi connectivity index (χ1v) is 12.4. The van der Waals surface area contributed by atoms with Gasteiger partial charge in [0, 0.05) is 28.8 Å². The molecule has 0 bridgehead atoms. The zero-order valence-corrected chi connectivity index (χ0v) is 20.7. The maximum atomic E-state index is 14.2. The number of nitrogens with one attached hydrogen (secondary N) is 1. The van der Waals surface area contributed by atoms with Gasteiger partial charge in [-0.2, -0.15) is 0 Å². The van der Waals surface area contributed by atoms with Crippen molar-refractivity contribution < 1.29 is 28.6 Å². The number of amides is 2. The van der Waals surface area contributed by atoms with Gasteiger partial charge in [0.1, 0.15) is 17.7 Å². The van der Waals surface area contributed by atoms with Crippen LogP contribution in [0.2, 0.25) is 5.02 Å². The molecule has 2 aromatic carbocycles. The average molecular weight is 526 g/mol. The van der Waals surface area contributed by atoms with Gasteiger partial charge >= 0.3 is 12.0 Å². The zero-order chi connectivity index (χ0) is 26.1.